The summed E-state index contributed by atoms with van der Waals surface area (Å²) < 4.78 is 41.9. The molecule has 1 heterocycles. The van der Waals surface area contributed by atoms with Crippen LogP contribution in [0.5, 0.6) is 0 Å². The molecular formula is C10H7F3N2OS. The van der Waals surface area contributed by atoms with E-state index in [1.807, 2.05) is 0 Å². The predicted octanol–water partition coefficient (Wildman–Crippen LogP) is 3.34. The Morgan fingerprint density at radius 2 is 1.88 bits per heavy atom. The van der Waals surface area contributed by atoms with Crippen LogP contribution < -0.4 is 0 Å². The van der Waals surface area contributed by atoms with Crippen LogP contribution in [0, 0.1) is 4.84 Å². The molecule has 7 heteroatoms. The summed E-state index contributed by atoms with van der Waals surface area (Å²) in [6.07, 6.45) is -4.02. The molecule has 0 aliphatic rings. The van der Waals surface area contributed by atoms with Crippen LogP contribution in [0.4, 0.5) is 13.2 Å². The topological polar surface area (TPSA) is 41.8 Å². The van der Waals surface area contributed by atoms with Gasteiger partial charge in [0.2, 0.25) is 5.89 Å². The van der Waals surface area contributed by atoms with E-state index in [1.165, 1.54) is 12.1 Å². The third-order valence-corrected chi connectivity index (χ3v) is 2.29. The molecule has 0 saturated heterocycles. The molecule has 1 aromatic heterocycles. The molecule has 0 fully saturated rings. The highest BCUT2D eigenvalue weighted by Crippen LogP contribution is 2.29. The number of nitrogens with one attached hydrogen (secondary N) is 1. The number of hydrogen-bond acceptors (Lipinski definition) is 3. The lowest BCUT2D eigenvalue weighted by Gasteiger charge is -2.06. The Hall–Kier alpha value is -1.63. The summed E-state index contributed by atoms with van der Waals surface area (Å²) in [5.41, 5.74) is -0.00701. The van der Waals surface area contributed by atoms with E-state index in [0.717, 1.165) is 12.1 Å². The largest absolute Gasteiger partial charge is 0.416 e. The third-order valence-electron chi connectivity index (χ3n) is 2.12. The van der Waals surface area contributed by atoms with Gasteiger partial charge in [0.15, 0.2) is 0 Å². The Balaban J connectivity index is 2.16. The van der Waals surface area contributed by atoms with E-state index >= 15 is 0 Å². The minimum absolute atomic E-state index is 0.145. The number of halogens is 3. The zero-order chi connectivity index (χ0) is 12.5. The summed E-state index contributed by atoms with van der Waals surface area (Å²) >= 11 is 4.69. The highest BCUT2D eigenvalue weighted by atomic mass is 32.1. The van der Waals surface area contributed by atoms with Crippen molar-refractivity contribution >= 4 is 12.2 Å². The summed E-state index contributed by atoms with van der Waals surface area (Å²) in [7, 11) is 0. The second-order valence-corrected chi connectivity index (χ2v) is 3.75. The summed E-state index contributed by atoms with van der Waals surface area (Å²) in [6, 6.07) is 4.82. The van der Waals surface area contributed by atoms with Crippen molar-refractivity contribution in [2.45, 2.75) is 12.6 Å². The van der Waals surface area contributed by atoms with Crippen molar-refractivity contribution in [3.05, 3.63) is 46.1 Å². The first-order chi connectivity index (χ1) is 7.95. The molecule has 0 radical (unpaired) electrons. The number of H-pyrrole nitrogens is 1. The van der Waals surface area contributed by atoms with Crippen LogP contribution in [0.25, 0.3) is 0 Å². The van der Waals surface area contributed by atoms with E-state index in [1.54, 1.807) is 0 Å². The Bertz CT molecular complexity index is 556. The summed E-state index contributed by atoms with van der Waals surface area (Å²) in [5.74, 6) is 0.342. The molecule has 0 aliphatic carbocycles. The van der Waals surface area contributed by atoms with Crippen molar-refractivity contribution in [1.82, 2.24) is 10.2 Å². The molecule has 90 valence electrons. The highest BCUT2D eigenvalue weighted by molar-refractivity contribution is 7.71. The third kappa shape index (κ3) is 2.94. The van der Waals surface area contributed by atoms with E-state index in [4.69, 9.17) is 4.42 Å². The number of rotatable bonds is 2. The fourth-order valence-electron chi connectivity index (χ4n) is 1.32. The average molecular weight is 260 g/mol. The first kappa shape index (κ1) is 11.8. The van der Waals surface area contributed by atoms with E-state index < -0.39 is 11.7 Å². The lowest BCUT2D eigenvalue weighted by Crippen LogP contribution is -2.04. The van der Waals surface area contributed by atoms with E-state index in [2.05, 4.69) is 22.4 Å². The fourth-order valence-corrected chi connectivity index (χ4v) is 1.46. The summed E-state index contributed by atoms with van der Waals surface area (Å²) in [4.78, 5) is 0.145. The molecule has 17 heavy (non-hydrogen) atoms. The molecule has 0 saturated carbocycles. The molecule has 1 aromatic carbocycles. The van der Waals surface area contributed by atoms with Gasteiger partial charge in [-0.25, -0.2) is 5.10 Å². The second-order valence-electron chi connectivity index (χ2n) is 3.38. The Morgan fingerprint density at radius 3 is 2.35 bits per heavy atom. The van der Waals surface area contributed by atoms with Crippen molar-refractivity contribution < 1.29 is 17.6 Å². The van der Waals surface area contributed by atoms with Gasteiger partial charge in [-0.1, -0.05) is 12.1 Å². The van der Waals surface area contributed by atoms with Gasteiger partial charge in [0.25, 0.3) is 4.84 Å². The van der Waals surface area contributed by atoms with Crippen LogP contribution in [-0.2, 0) is 12.6 Å². The van der Waals surface area contributed by atoms with Crippen molar-refractivity contribution in [1.29, 1.82) is 0 Å². The number of benzene rings is 1. The molecule has 2 aromatic rings. The van der Waals surface area contributed by atoms with Crippen LogP contribution in [0.1, 0.15) is 17.0 Å². The van der Waals surface area contributed by atoms with Crippen molar-refractivity contribution in [2.24, 2.45) is 0 Å². The van der Waals surface area contributed by atoms with Gasteiger partial charge in [0.1, 0.15) is 0 Å². The fraction of sp³-hybridized carbons (Fsp3) is 0.200. The van der Waals surface area contributed by atoms with Crippen LogP contribution in [0.15, 0.2) is 28.7 Å². The van der Waals surface area contributed by atoms with Gasteiger partial charge in [0, 0.05) is 0 Å². The molecule has 3 nitrogen and oxygen atoms in total. The van der Waals surface area contributed by atoms with E-state index in [-0.39, 0.29) is 4.84 Å². The Labute approximate surface area is 99.3 Å². The van der Waals surface area contributed by atoms with Gasteiger partial charge >= 0.3 is 6.18 Å². The lowest BCUT2D eigenvalue weighted by atomic mass is 10.1. The van der Waals surface area contributed by atoms with Gasteiger partial charge < -0.3 is 4.42 Å². The molecule has 0 bridgehead atoms. The summed E-state index contributed by atoms with van der Waals surface area (Å²) in [6.45, 7) is 0. The molecule has 0 amide bonds. The molecular weight excluding hydrogens is 253 g/mol. The number of nitrogens with zero attached hydrogens (tertiary/aromatic N) is 1. The molecule has 0 aliphatic heterocycles. The molecule has 1 N–H and O–H groups in total. The first-order valence-electron chi connectivity index (χ1n) is 4.66. The molecule has 0 atom stereocenters. The van der Waals surface area contributed by atoms with E-state index in [0.29, 0.717) is 17.9 Å². The summed E-state index contributed by atoms with van der Waals surface area (Å²) in [5, 5.41) is 6.21. The maximum atomic E-state index is 12.3. The van der Waals surface area contributed by atoms with Crippen molar-refractivity contribution in [2.75, 3.05) is 0 Å². The van der Waals surface area contributed by atoms with Gasteiger partial charge in [-0.3, -0.25) is 0 Å². The normalized spacial score (nSPS) is 11.7. The SMILES string of the molecule is FC(F)(F)c1ccc(Cc2n[nH]c(=S)o2)cc1. The zero-order valence-corrected chi connectivity index (χ0v) is 9.23. The smallest absolute Gasteiger partial charge is 0.414 e. The quantitative estimate of drug-likeness (QED) is 0.842. The van der Waals surface area contributed by atoms with Crippen LogP contribution in [-0.4, -0.2) is 10.2 Å². The highest BCUT2D eigenvalue weighted by Gasteiger charge is 2.29. The van der Waals surface area contributed by atoms with Gasteiger partial charge in [-0.05, 0) is 29.9 Å². The number of hydrogen-bond donors (Lipinski definition) is 1. The Morgan fingerprint density at radius 1 is 1.24 bits per heavy atom. The maximum absolute atomic E-state index is 12.3. The average Bonchev–Trinajstić information content (AvgIpc) is 2.63. The second kappa shape index (κ2) is 4.33. The van der Waals surface area contributed by atoms with Gasteiger partial charge in [-0.15, -0.1) is 5.10 Å². The van der Waals surface area contributed by atoms with Gasteiger partial charge in [-0.2, -0.15) is 13.2 Å². The number of alkyl halides is 3. The van der Waals surface area contributed by atoms with Crippen molar-refractivity contribution in [3.8, 4) is 0 Å². The van der Waals surface area contributed by atoms with Crippen LogP contribution in [0.2, 0.25) is 0 Å². The number of aromatic nitrogens is 2. The molecule has 0 unspecified atom stereocenters. The Kier molecular flexibility index (Phi) is 3.01. The minimum Gasteiger partial charge on any atom is -0.414 e. The molecule has 2 rings (SSSR count). The zero-order valence-electron chi connectivity index (χ0n) is 8.41. The molecule has 0 spiro atoms. The maximum Gasteiger partial charge on any atom is 0.416 e. The lowest BCUT2D eigenvalue weighted by molar-refractivity contribution is -0.137. The van der Waals surface area contributed by atoms with Crippen LogP contribution >= 0.6 is 12.2 Å². The minimum atomic E-state index is -4.32. The van der Waals surface area contributed by atoms with Crippen LogP contribution in [0.3, 0.4) is 0 Å². The monoisotopic (exact) mass is 260 g/mol. The number of aromatic amines is 1. The first-order valence-corrected chi connectivity index (χ1v) is 5.06. The predicted molar refractivity (Wildman–Crippen MR) is 55.9 cm³/mol. The standard InChI is InChI=1S/C10H7F3N2OS/c11-10(12,13)7-3-1-6(2-4-7)5-8-14-15-9(17)16-8/h1-4H,5H2,(H,15,17). The van der Waals surface area contributed by atoms with Gasteiger partial charge in [0.05, 0.1) is 12.0 Å². The van der Waals surface area contributed by atoms with E-state index in [9.17, 15) is 13.2 Å². The van der Waals surface area contributed by atoms with Crippen molar-refractivity contribution in [3.63, 3.8) is 0 Å².